The fraction of sp³-hybridized carbons (Fsp3) is 0.643. The molecule has 3 nitrogen and oxygen atoms in total. The molecule has 0 aromatic carbocycles. The predicted octanol–water partition coefficient (Wildman–Crippen LogP) is 1.85. The molecule has 0 spiro atoms. The van der Waals surface area contributed by atoms with Gasteiger partial charge < -0.3 is 10.1 Å². The van der Waals surface area contributed by atoms with Crippen molar-refractivity contribution in [2.75, 3.05) is 19.8 Å². The molecule has 94 valence electrons. The summed E-state index contributed by atoms with van der Waals surface area (Å²) in [6.07, 6.45) is 3.63. The first kappa shape index (κ1) is 12.5. The first-order chi connectivity index (χ1) is 7.98. The molecule has 0 bridgehead atoms. The molecular formula is C14H21NO2. The van der Waals surface area contributed by atoms with Crippen LogP contribution in [0.5, 0.6) is 0 Å². The van der Waals surface area contributed by atoms with Crippen LogP contribution in [0.1, 0.15) is 26.7 Å². The topological polar surface area (TPSA) is 38.3 Å². The molecular weight excluding hydrogens is 214 g/mol. The van der Waals surface area contributed by atoms with Gasteiger partial charge in [-0.3, -0.25) is 4.79 Å². The van der Waals surface area contributed by atoms with Crippen LogP contribution in [0, 0.1) is 5.41 Å². The van der Waals surface area contributed by atoms with Crippen molar-refractivity contribution in [2.24, 2.45) is 5.41 Å². The number of carbonyl (C=O) groups excluding carboxylic acids is 1. The van der Waals surface area contributed by atoms with Gasteiger partial charge in [-0.25, -0.2) is 0 Å². The summed E-state index contributed by atoms with van der Waals surface area (Å²) in [6, 6.07) is 0.264. The third kappa shape index (κ3) is 3.05. The first-order valence-corrected chi connectivity index (χ1v) is 6.23. The quantitative estimate of drug-likeness (QED) is 0.742. The fourth-order valence-electron chi connectivity index (χ4n) is 2.61. The number of hydrogen-bond acceptors (Lipinski definition) is 3. The minimum atomic E-state index is 0.0514. The highest BCUT2D eigenvalue weighted by Gasteiger charge is 2.30. The molecule has 0 radical (unpaired) electrons. The number of hydrogen-bond donors (Lipinski definition) is 1. The van der Waals surface area contributed by atoms with Crippen molar-refractivity contribution in [3.8, 4) is 0 Å². The Hall–Kier alpha value is -0.930. The number of carbonyl (C=O) groups is 1. The molecule has 1 heterocycles. The molecule has 0 aromatic rings. The maximum atomic E-state index is 12.1. The summed E-state index contributed by atoms with van der Waals surface area (Å²) in [4.78, 5) is 12.1. The van der Waals surface area contributed by atoms with Crippen molar-refractivity contribution in [1.82, 2.24) is 5.32 Å². The standard InChI is InChI=1S/C14H21NO2/c1-10-7-14(2,3)8-11(13(10)16)6-12-9-17-5-4-15-12/h8,12,15H,1,4-7,9H2,2-3H3. The van der Waals surface area contributed by atoms with E-state index in [-0.39, 0.29) is 17.2 Å². The highest BCUT2D eigenvalue weighted by molar-refractivity contribution is 6.08. The van der Waals surface area contributed by atoms with Crippen LogP contribution in [0.4, 0.5) is 0 Å². The molecule has 2 aliphatic rings. The molecule has 2 rings (SSSR count). The molecule has 1 aliphatic carbocycles. The molecule has 1 atom stereocenters. The lowest BCUT2D eigenvalue weighted by Crippen LogP contribution is -2.42. The summed E-state index contributed by atoms with van der Waals surface area (Å²) in [5, 5.41) is 3.38. The summed E-state index contributed by atoms with van der Waals surface area (Å²) in [7, 11) is 0. The number of ketones is 1. The maximum absolute atomic E-state index is 12.1. The van der Waals surface area contributed by atoms with E-state index in [1.54, 1.807) is 0 Å². The average Bonchev–Trinajstić information content (AvgIpc) is 2.26. The molecule has 1 fully saturated rings. The highest BCUT2D eigenvalue weighted by Crippen LogP contribution is 2.35. The maximum Gasteiger partial charge on any atom is 0.184 e. The van der Waals surface area contributed by atoms with Gasteiger partial charge in [0.05, 0.1) is 13.2 Å². The smallest absolute Gasteiger partial charge is 0.184 e. The lowest BCUT2D eigenvalue weighted by Gasteiger charge is -2.31. The van der Waals surface area contributed by atoms with Gasteiger partial charge in [-0.05, 0) is 29.4 Å². The van der Waals surface area contributed by atoms with Gasteiger partial charge in [0.2, 0.25) is 0 Å². The molecule has 3 heteroatoms. The Morgan fingerprint density at radius 3 is 3.00 bits per heavy atom. The number of Topliss-reactive ketones (excluding diaryl/α,β-unsaturated/α-hetero) is 1. The third-order valence-electron chi connectivity index (χ3n) is 3.31. The zero-order chi connectivity index (χ0) is 12.5. The lowest BCUT2D eigenvalue weighted by molar-refractivity contribution is -0.113. The van der Waals surface area contributed by atoms with E-state index in [1.807, 2.05) is 0 Å². The first-order valence-electron chi connectivity index (χ1n) is 6.23. The molecule has 1 aliphatic heterocycles. The van der Waals surface area contributed by atoms with E-state index in [9.17, 15) is 4.79 Å². The SMILES string of the molecule is C=C1CC(C)(C)C=C(CC2COCCN2)C1=O. The zero-order valence-corrected chi connectivity index (χ0v) is 10.7. The molecule has 0 amide bonds. The van der Waals surface area contributed by atoms with Crippen LogP contribution < -0.4 is 5.32 Å². The van der Waals surface area contributed by atoms with Gasteiger partial charge in [0, 0.05) is 12.6 Å². The Morgan fingerprint density at radius 1 is 1.59 bits per heavy atom. The second kappa shape index (κ2) is 4.75. The zero-order valence-electron chi connectivity index (χ0n) is 10.7. The Bertz CT molecular complexity index is 362. The van der Waals surface area contributed by atoms with Crippen molar-refractivity contribution in [3.05, 3.63) is 23.8 Å². The number of allylic oxidation sites excluding steroid dienone is 2. The van der Waals surface area contributed by atoms with Crippen molar-refractivity contribution in [2.45, 2.75) is 32.7 Å². The largest absolute Gasteiger partial charge is 0.379 e. The van der Waals surface area contributed by atoms with Gasteiger partial charge in [0.1, 0.15) is 0 Å². The highest BCUT2D eigenvalue weighted by atomic mass is 16.5. The number of nitrogens with one attached hydrogen (secondary N) is 1. The fourth-order valence-corrected chi connectivity index (χ4v) is 2.61. The second-order valence-electron chi connectivity index (χ2n) is 5.70. The second-order valence-corrected chi connectivity index (χ2v) is 5.70. The van der Waals surface area contributed by atoms with Crippen LogP contribution in [-0.4, -0.2) is 31.6 Å². The Labute approximate surface area is 103 Å². The van der Waals surface area contributed by atoms with Gasteiger partial charge in [0.25, 0.3) is 0 Å². The minimum Gasteiger partial charge on any atom is -0.379 e. The summed E-state index contributed by atoms with van der Waals surface area (Å²) >= 11 is 0. The summed E-state index contributed by atoms with van der Waals surface area (Å²) in [6.45, 7) is 10.5. The van der Waals surface area contributed by atoms with E-state index in [1.165, 1.54) is 0 Å². The summed E-state index contributed by atoms with van der Waals surface area (Å²) < 4.78 is 5.41. The van der Waals surface area contributed by atoms with E-state index in [2.05, 4.69) is 31.8 Å². The number of rotatable bonds is 2. The average molecular weight is 235 g/mol. The van der Waals surface area contributed by atoms with Crippen LogP contribution in [-0.2, 0) is 9.53 Å². The summed E-state index contributed by atoms with van der Waals surface area (Å²) in [5.74, 6) is 0.136. The molecule has 0 saturated carbocycles. The van der Waals surface area contributed by atoms with Crippen molar-refractivity contribution < 1.29 is 9.53 Å². The van der Waals surface area contributed by atoms with Gasteiger partial charge in [-0.1, -0.05) is 26.5 Å². The van der Waals surface area contributed by atoms with Crippen LogP contribution in [0.25, 0.3) is 0 Å². The number of morpholine rings is 1. The normalized spacial score (nSPS) is 29.1. The van der Waals surface area contributed by atoms with Crippen LogP contribution in [0.3, 0.4) is 0 Å². The minimum absolute atomic E-state index is 0.0514. The molecule has 1 unspecified atom stereocenters. The Morgan fingerprint density at radius 2 is 2.35 bits per heavy atom. The van der Waals surface area contributed by atoms with E-state index < -0.39 is 0 Å². The number of ether oxygens (including phenoxy) is 1. The van der Waals surface area contributed by atoms with Gasteiger partial charge in [0.15, 0.2) is 5.78 Å². The molecule has 1 N–H and O–H groups in total. The summed E-state index contributed by atoms with van der Waals surface area (Å²) in [5.41, 5.74) is 1.69. The molecule has 0 aromatic heterocycles. The van der Waals surface area contributed by atoms with Crippen LogP contribution in [0.15, 0.2) is 23.8 Å². The Balaban J connectivity index is 2.09. The monoisotopic (exact) mass is 235 g/mol. The van der Waals surface area contributed by atoms with Crippen molar-refractivity contribution in [1.29, 1.82) is 0 Å². The predicted molar refractivity (Wildman–Crippen MR) is 67.9 cm³/mol. The van der Waals surface area contributed by atoms with Gasteiger partial charge in [-0.2, -0.15) is 0 Å². The van der Waals surface area contributed by atoms with Crippen molar-refractivity contribution >= 4 is 5.78 Å². The Kier molecular flexibility index (Phi) is 3.50. The van der Waals surface area contributed by atoms with Crippen LogP contribution >= 0.6 is 0 Å². The van der Waals surface area contributed by atoms with Gasteiger partial charge in [-0.15, -0.1) is 0 Å². The van der Waals surface area contributed by atoms with E-state index >= 15 is 0 Å². The molecule has 17 heavy (non-hydrogen) atoms. The van der Waals surface area contributed by atoms with Crippen LogP contribution in [0.2, 0.25) is 0 Å². The molecule has 1 saturated heterocycles. The third-order valence-corrected chi connectivity index (χ3v) is 3.31. The lowest BCUT2D eigenvalue weighted by atomic mass is 9.75. The van der Waals surface area contributed by atoms with E-state index in [0.717, 1.165) is 37.1 Å². The van der Waals surface area contributed by atoms with Gasteiger partial charge >= 0.3 is 0 Å². The van der Waals surface area contributed by atoms with E-state index in [0.29, 0.717) is 6.61 Å². The van der Waals surface area contributed by atoms with Crippen molar-refractivity contribution in [3.63, 3.8) is 0 Å². The van der Waals surface area contributed by atoms with E-state index in [4.69, 9.17) is 4.74 Å².